The SMILES string of the molecule is COC(=O)C[C@H]1C(C)(C)[C@H](OC(=O)C(C)C)[C@@H]2[C@@H](OC(=O)C(C)C)[C@@]34O[C@]2(O)[C@]1(C)[C@H]3CC[C@]1(C)[C@H]4CC(=O)O[C@H]1c1ccoc1. The van der Waals surface area contributed by atoms with E-state index < -0.39 is 105 Å². The van der Waals surface area contributed by atoms with Crippen LogP contribution in [0.3, 0.4) is 0 Å². The number of hydrogen-bond acceptors (Lipinski definition) is 11. The topological polar surface area (TPSA) is 148 Å². The smallest absolute Gasteiger partial charge is 0.308 e. The van der Waals surface area contributed by atoms with Crippen molar-refractivity contribution >= 4 is 23.9 Å². The zero-order chi connectivity index (χ0) is 33.8. The maximum absolute atomic E-state index is 13.6. The van der Waals surface area contributed by atoms with Crippen molar-refractivity contribution in [2.45, 2.75) is 111 Å². The van der Waals surface area contributed by atoms with Crippen LogP contribution in [0, 0.1) is 51.8 Å². The number of esters is 4. The lowest BCUT2D eigenvalue weighted by Gasteiger charge is -2.68. The standard InChI is InChI=1S/C35H48O11/c1-17(2)29(38)44-27-25-28(45-30(39)18(3)4)34-20(33(8,35(25,40)46-34)21(31(27,5)6)14-23(36)41-9)10-12-32(7)22(34)15-24(37)43-26(32)19-11-13-42-16-19/h11,13,16-18,20-22,25-28,40H,10,12,14-15H2,1-9H3/t20-,21+,22-,25-,26+,27-,28-,32-,33-,34-,35+/m1/s1. The van der Waals surface area contributed by atoms with Gasteiger partial charge in [-0.15, -0.1) is 0 Å². The highest BCUT2D eigenvalue weighted by Gasteiger charge is 2.91. The Morgan fingerprint density at radius 2 is 1.63 bits per heavy atom. The summed E-state index contributed by atoms with van der Waals surface area (Å²) in [5.74, 6) is -7.41. The normalized spacial score (nSPS) is 43.5. The third-order valence-corrected chi connectivity index (χ3v) is 12.7. The van der Waals surface area contributed by atoms with E-state index in [4.69, 9.17) is 28.1 Å². The molecule has 46 heavy (non-hydrogen) atoms. The van der Waals surface area contributed by atoms with Crippen molar-refractivity contribution in [2.75, 3.05) is 7.11 Å². The third kappa shape index (κ3) is 4.09. The highest BCUT2D eigenvalue weighted by atomic mass is 16.7. The lowest BCUT2D eigenvalue weighted by atomic mass is 9.36. The van der Waals surface area contributed by atoms with E-state index >= 15 is 0 Å². The second-order valence-electron chi connectivity index (χ2n) is 15.9. The molecule has 1 aromatic rings. The van der Waals surface area contributed by atoms with Gasteiger partial charge in [-0.05, 0) is 24.8 Å². The number of rotatable bonds is 7. The van der Waals surface area contributed by atoms with Crippen molar-refractivity contribution in [3.8, 4) is 0 Å². The molecule has 11 atom stereocenters. The van der Waals surface area contributed by atoms with Gasteiger partial charge in [0.2, 0.25) is 0 Å². The highest BCUT2D eigenvalue weighted by molar-refractivity contribution is 5.74. The summed E-state index contributed by atoms with van der Waals surface area (Å²) < 4.78 is 36.4. The molecule has 11 heteroatoms. The van der Waals surface area contributed by atoms with Gasteiger partial charge in [0.15, 0.2) is 5.79 Å². The first kappa shape index (κ1) is 33.0. The van der Waals surface area contributed by atoms with Gasteiger partial charge in [0.05, 0.1) is 43.8 Å². The van der Waals surface area contributed by atoms with Gasteiger partial charge in [-0.2, -0.15) is 0 Å². The van der Waals surface area contributed by atoms with Crippen molar-refractivity contribution in [2.24, 2.45) is 51.8 Å². The summed E-state index contributed by atoms with van der Waals surface area (Å²) in [6.45, 7) is 14.8. The molecule has 11 nitrogen and oxygen atoms in total. The second-order valence-corrected chi connectivity index (χ2v) is 15.9. The van der Waals surface area contributed by atoms with Crippen molar-refractivity contribution in [3.05, 3.63) is 24.2 Å². The zero-order valence-corrected chi connectivity index (χ0v) is 28.3. The molecule has 0 aromatic carbocycles. The first-order chi connectivity index (χ1) is 21.4. The lowest BCUT2D eigenvalue weighted by molar-refractivity contribution is -0.326. The average molecular weight is 645 g/mol. The van der Waals surface area contributed by atoms with Crippen LogP contribution in [0.1, 0.15) is 92.7 Å². The molecule has 1 N–H and O–H groups in total. The molecule has 4 heterocycles. The van der Waals surface area contributed by atoms with Crippen LogP contribution >= 0.6 is 0 Å². The van der Waals surface area contributed by atoms with Gasteiger partial charge in [0.25, 0.3) is 0 Å². The van der Waals surface area contributed by atoms with Crippen molar-refractivity contribution in [3.63, 3.8) is 0 Å². The summed E-state index contributed by atoms with van der Waals surface area (Å²) in [4.78, 5) is 53.5. The fourth-order valence-electron chi connectivity index (χ4n) is 10.5. The van der Waals surface area contributed by atoms with Crippen LogP contribution in [0.4, 0.5) is 0 Å². The van der Waals surface area contributed by atoms with Crippen LogP contribution in [0.2, 0.25) is 0 Å². The number of cyclic esters (lactones) is 1. The van der Waals surface area contributed by atoms with Gasteiger partial charge in [0, 0.05) is 40.1 Å². The van der Waals surface area contributed by atoms with E-state index in [1.807, 2.05) is 20.8 Å². The van der Waals surface area contributed by atoms with Gasteiger partial charge in [-0.25, -0.2) is 0 Å². The van der Waals surface area contributed by atoms with E-state index in [0.717, 1.165) is 0 Å². The summed E-state index contributed by atoms with van der Waals surface area (Å²) >= 11 is 0. The minimum Gasteiger partial charge on any atom is -0.472 e. The lowest BCUT2D eigenvalue weighted by Crippen LogP contribution is -2.77. The molecule has 254 valence electrons. The Balaban J connectivity index is 1.60. The first-order valence-corrected chi connectivity index (χ1v) is 16.5. The van der Waals surface area contributed by atoms with Gasteiger partial charge in [-0.1, -0.05) is 55.4 Å². The predicted molar refractivity (Wildman–Crippen MR) is 160 cm³/mol. The molecular formula is C35H48O11. The molecule has 1 aromatic heterocycles. The van der Waals surface area contributed by atoms with Crippen LogP contribution in [-0.2, 0) is 42.9 Å². The summed E-state index contributed by atoms with van der Waals surface area (Å²) in [5, 5.41) is 13.1. The number of furan rings is 1. The number of fused-ring (bicyclic) bond motifs is 2. The molecule has 6 rings (SSSR count). The summed E-state index contributed by atoms with van der Waals surface area (Å²) in [6, 6.07) is 1.78. The molecular weight excluding hydrogens is 596 g/mol. The maximum Gasteiger partial charge on any atom is 0.308 e. The van der Waals surface area contributed by atoms with Gasteiger partial charge in [-0.3, -0.25) is 19.2 Å². The van der Waals surface area contributed by atoms with Crippen LogP contribution in [0.5, 0.6) is 0 Å². The molecule has 0 radical (unpaired) electrons. The highest BCUT2D eigenvalue weighted by Crippen LogP contribution is 2.81. The Labute approximate surface area is 270 Å². The van der Waals surface area contributed by atoms with Crippen molar-refractivity contribution in [1.29, 1.82) is 0 Å². The van der Waals surface area contributed by atoms with Gasteiger partial charge in [0.1, 0.15) is 23.9 Å². The van der Waals surface area contributed by atoms with Gasteiger partial charge < -0.3 is 33.2 Å². The van der Waals surface area contributed by atoms with Crippen LogP contribution < -0.4 is 0 Å². The van der Waals surface area contributed by atoms with Crippen LogP contribution in [0.15, 0.2) is 23.0 Å². The zero-order valence-electron chi connectivity index (χ0n) is 28.3. The Hall–Kier alpha value is -2.92. The minimum absolute atomic E-state index is 0.0303. The number of carbonyl (C=O) groups excluding carboxylic acids is 4. The monoisotopic (exact) mass is 644 g/mol. The van der Waals surface area contributed by atoms with E-state index in [1.54, 1.807) is 40.0 Å². The molecule has 2 saturated carbocycles. The van der Waals surface area contributed by atoms with E-state index in [2.05, 4.69) is 6.92 Å². The Kier molecular flexibility index (Phi) is 7.56. The molecule has 0 unspecified atom stereocenters. The van der Waals surface area contributed by atoms with Crippen LogP contribution in [-0.4, -0.2) is 59.7 Å². The summed E-state index contributed by atoms with van der Waals surface area (Å²) in [5.41, 5.74) is -3.32. The second kappa shape index (κ2) is 10.5. The van der Waals surface area contributed by atoms with Gasteiger partial charge >= 0.3 is 23.9 Å². The summed E-state index contributed by atoms with van der Waals surface area (Å²) in [6.07, 6.45) is 1.42. The fraction of sp³-hybridized carbons (Fsp3) is 0.771. The van der Waals surface area contributed by atoms with E-state index in [1.165, 1.54) is 13.4 Å². The molecule has 5 aliphatic rings. The Morgan fingerprint density at radius 1 is 1.00 bits per heavy atom. The molecule has 0 amide bonds. The van der Waals surface area contributed by atoms with E-state index in [0.29, 0.717) is 18.4 Å². The Morgan fingerprint density at radius 3 is 2.20 bits per heavy atom. The molecule has 2 aliphatic carbocycles. The average Bonchev–Trinajstić information content (AvgIpc) is 3.65. The predicted octanol–water partition coefficient (Wildman–Crippen LogP) is 4.75. The Bertz CT molecular complexity index is 1420. The van der Waals surface area contributed by atoms with E-state index in [9.17, 15) is 24.3 Å². The fourth-order valence-corrected chi connectivity index (χ4v) is 10.5. The first-order valence-electron chi connectivity index (χ1n) is 16.5. The number of ether oxygens (including phenoxy) is 5. The number of carbonyl (C=O) groups is 4. The number of aliphatic hydroxyl groups is 1. The van der Waals surface area contributed by atoms with E-state index in [-0.39, 0.29) is 12.8 Å². The molecule has 1 spiro atoms. The largest absolute Gasteiger partial charge is 0.472 e. The minimum atomic E-state index is -1.98. The molecule has 3 saturated heterocycles. The van der Waals surface area contributed by atoms with Crippen molar-refractivity contribution < 1.29 is 52.4 Å². The summed E-state index contributed by atoms with van der Waals surface area (Å²) in [7, 11) is 1.32. The van der Waals surface area contributed by atoms with Crippen molar-refractivity contribution in [1.82, 2.24) is 0 Å². The molecule has 3 aliphatic heterocycles. The van der Waals surface area contributed by atoms with Crippen LogP contribution in [0.25, 0.3) is 0 Å². The maximum atomic E-state index is 13.6. The number of methoxy groups -OCH3 is 1. The quantitative estimate of drug-likeness (QED) is 0.324. The third-order valence-electron chi connectivity index (χ3n) is 12.7. The molecule has 5 fully saturated rings. The molecule has 2 bridgehead atoms. The number of hydrogen-bond donors (Lipinski definition) is 1.